The molecule has 4 nitrogen and oxygen atoms in total. The molecule has 5 heteroatoms. The number of benzene rings is 1. The number of para-hydroxylation sites is 1. The van der Waals surface area contributed by atoms with Crippen molar-refractivity contribution in [1.29, 1.82) is 0 Å². The average Bonchev–Trinajstić information content (AvgIpc) is 2.67. The Labute approximate surface area is 91.3 Å². The van der Waals surface area contributed by atoms with Crippen molar-refractivity contribution in [1.82, 2.24) is 4.98 Å². The number of rotatable bonds is 1. The van der Waals surface area contributed by atoms with Gasteiger partial charge in [-0.3, -0.25) is 4.98 Å². The number of hydrogen-bond donors (Lipinski definition) is 2. The van der Waals surface area contributed by atoms with Crippen LogP contribution < -0.4 is 5.46 Å². The maximum Gasteiger partial charge on any atom is 0.492 e. The fourth-order valence-corrected chi connectivity index (χ4v) is 1.83. The predicted molar refractivity (Wildman–Crippen MR) is 61.3 cm³/mol. The Morgan fingerprint density at radius 1 is 1.12 bits per heavy atom. The summed E-state index contributed by atoms with van der Waals surface area (Å²) in [4.78, 5) is 4.20. The van der Waals surface area contributed by atoms with Gasteiger partial charge in [0.25, 0.3) is 0 Å². The molecule has 78 valence electrons. The Morgan fingerprint density at radius 3 is 2.75 bits per heavy atom. The van der Waals surface area contributed by atoms with Gasteiger partial charge in [-0.15, -0.1) is 0 Å². The molecule has 0 aliphatic rings. The summed E-state index contributed by atoms with van der Waals surface area (Å²) < 4.78 is 5.56. The maximum absolute atomic E-state index is 9.21. The summed E-state index contributed by atoms with van der Waals surface area (Å²) in [5.74, 6) is 0. The third-order valence-electron chi connectivity index (χ3n) is 2.57. The molecule has 0 atom stereocenters. The molecule has 0 fully saturated rings. The van der Waals surface area contributed by atoms with Gasteiger partial charge in [-0.05, 0) is 18.2 Å². The van der Waals surface area contributed by atoms with Crippen LogP contribution in [0.3, 0.4) is 0 Å². The van der Waals surface area contributed by atoms with Crippen molar-refractivity contribution in [3.63, 3.8) is 0 Å². The Bertz CT molecular complexity index is 662. The lowest BCUT2D eigenvalue weighted by Crippen LogP contribution is -2.30. The molecule has 0 saturated heterocycles. The monoisotopic (exact) mass is 213 g/mol. The van der Waals surface area contributed by atoms with E-state index in [1.807, 2.05) is 24.3 Å². The lowest BCUT2D eigenvalue weighted by molar-refractivity contribution is 0.425. The molecule has 0 amide bonds. The van der Waals surface area contributed by atoms with Crippen molar-refractivity contribution in [3.05, 3.63) is 36.5 Å². The highest BCUT2D eigenvalue weighted by molar-refractivity contribution is 6.61. The van der Waals surface area contributed by atoms with E-state index in [-0.39, 0.29) is 0 Å². The number of nitrogens with zero attached hydrogens (tertiary/aromatic N) is 1. The molecule has 0 saturated carbocycles. The molecular weight excluding hydrogens is 205 g/mol. The number of furan rings is 1. The van der Waals surface area contributed by atoms with Crippen molar-refractivity contribution in [2.45, 2.75) is 0 Å². The Morgan fingerprint density at radius 2 is 1.94 bits per heavy atom. The quantitative estimate of drug-likeness (QED) is 0.582. The van der Waals surface area contributed by atoms with Gasteiger partial charge in [-0.2, -0.15) is 0 Å². The zero-order chi connectivity index (χ0) is 11.1. The van der Waals surface area contributed by atoms with Gasteiger partial charge in [-0.1, -0.05) is 12.1 Å². The molecule has 2 heterocycles. The first kappa shape index (κ1) is 9.39. The summed E-state index contributed by atoms with van der Waals surface area (Å²) in [6, 6.07) is 9.00. The van der Waals surface area contributed by atoms with Gasteiger partial charge in [0.2, 0.25) is 0 Å². The Balaban J connectivity index is 2.49. The SMILES string of the molecule is OB(O)c1ccnc2c1oc1ccccc12. The van der Waals surface area contributed by atoms with Crippen molar-refractivity contribution in [3.8, 4) is 0 Å². The van der Waals surface area contributed by atoms with E-state index < -0.39 is 7.12 Å². The van der Waals surface area contributed by atoms with Crippen molar-refractivity contribution in [2.24, 2.45) is 0 Å². The molecule has 2 N–H and O–H groups in total. The van der Waals surface area contributed by atoms with Crippen LogP contribution in [0.4, 0.5) is 0 Å². The Kier molecular flexibility index (Phi) is 1.95. The second kappa shape index (κ2) is 3.33. The summed E-state index contributed by atoms with van der Waals surface area (Å²) in [5, 5.41) is 19.3. The van der Waals surface area contributed by atoms with Gasteiger partial charge >= 0.3 is 7.12 Å². The van der Waals surface area contributed by atoms with Crippen LogP contribution in [0.15, 0.2) is 40.9 Å². The fraction of sp³-hybridized carbons (Fsp3) is 0. The van der Waals surface area contributed by atoms with Crippen molar-refractivity contribution >= 4 is 34.7 Å². The molecule has 1 aromatic carbocycles. The summed E-state index contributed by atoms with van der Waals surface area (Å²) in [5.41, 5.74) is 2.11. The summed E-state index contributed by atoms with van der Waals surface area (Å²) >= 11 is 0. The van der Waals surface area contributed by atoms with Crippen LogP contribution in [-0.4, -0.2) is 22.2 Å². The van der Waals surface area contributed by atoms with E-state index in [0.717, 1.165) is 5.39 Å². The molecule has 0 aliphatic heterocycles. The van der Waals surface area contributed by atoms with Crippen LogP contribution in [0.2, 0.25) is 0 Å². The van der Waals surface area contributed by atoms with Gasteiger partial charge in [0.15, 0.2) is 5.58 Å². The van der Waals surface area contributed by atoms with Gasteiger partial charge < -0.3 is 14.5 Å². The minimum Gasteiger partial charge on any atom is -0.455 e. The zero-order valence-electron chi connectivity index (χ0n) is 8.29. The van der Waals surface area contributed by atoms with Gasteiger partial charge in [0.05, 0.1) is 0 Å². The molecule has 16 heavy (non-hydrogen) atoms. The van der Waals surface area contributed by atoms with Crippen LogP contribution in [0, 0.1) is 0 Å². The van der Waals surface area contributed by atoms with Crippen LogP contribution in [0.5, 0.6) is 0 Å². The van der Waals surface area contributed by atoms with E-state index in [4.69, 9.17) is 4.42 Å². The van der Waals surface area contributed by atoms with Crippen LogP contribution in [0.1, 0.15) is 0 Å². The Hall–Kier alpha value is -1.85. The van der Waals surface area contributed by atoms with E-state index in [1.165, 1.54) is 6.07 Å². The van der Waals surface area contributed by atoms with Crippen molar-refractivity contribution < 1.29 is 14.5 Å². The van der Waals surface area contributed by atoms with Crippen LogP contribution >= 0.6 is 0 Å². The predicted octanol–water partition coefficient (Wildman–Crippen LogP) is 0.661. The zero-order valence-corrected chi connectivity index (χ0v) is 8.29. The largest absolute Gasteiger partial charge is 0.492 e. The minimum absolute atomic E-state index is 0.334. The standard InChI is InChI=1S/C11H8BNO3/c14-12(15)8-5-6-13-10-7-3-1-2-4-9(7)16-11(8)10/h1-6,14-15H. The van der Waals surface area contributed by atoms with Gasteiger partial charge in [-0.25, -0.2) is 0 Å². The highest BCUT2D eigenvalue weighted by Gasteiger charge is 2.19. The van der Waals surface area contributed by atoms with E-state index in [0.29, 0.717) is 22.1 Å². The van der Waals surface area contributed by atoms with Crippen LogP contribution in [-0.2, 0) is 0 Å². The smallest absolute Gasteiger partial charge is 0.455 e. The molecule has 2 aromatic heterocycles. The molecule has 3 aromatic rings. The number of aromatic nitrogens is 1. The number of fused-ring (bicyclic) bond motifs is 3. The normalized spacial score (nSPS) is 11.1. The maximum atomic E-state index is 9.21. The highest BCUT2D eigenvalue weighted by Crippen LogP contribution is 2.25. The average molecular weight is 213 g/mol. The number of hydrogen-bond acceptors (Lipinski definition) is 4. The molecular formula is C11H8BNO3. The topological polar surface area (TPSA) is 66.5 Å². The molecule has 3 rings (SSSR count). The van der Waals surface area contributed by atoms with E-state index in [2.05, 4.69) is 4.98 Å². The first-order chi connectivity index (χ1) is 7.77. The van der Waals surface area contributed by atoms with Crippen LogP contribution in [0.25, 0.3) is 22.1 Å². The first-order valence-electron chi connectivity index (χ1n) is 4.89. The third kappa shape index (κ3) is 1.22. The molecule has 0 unspecified atom stereocenters. The lowest BCUT2D eigenvalue weighted by atomic mass is 9.80. The molecule has 0 bridgehead atoms. The summed E-state index contributed by atoms with van der Waals surface area (Å²) in [6.07, 6.45) is 1.54. The van der Waals surface area contributed by atoms with E-state index in [9.17, 15) is 10.0 Å². The van der Waals surface area contributed by atoms with Gasteiger partial charge in [0, 0.05) is 17.0 Å². The second-order valence-corrected chi connectivity index (χ2v) is 3.55. The highest BCUT2D eigenvalue weighted by atomic mass is 16.4. The summed E-state index contributed by atoms with van der Waals surface area (Å²) in [7, 11) is -1.55. The van der Waals surface area contributed by atoms with Crippen molar-refractivity contribution in [2.75, 3.05) is 0 Å². The van der Waals surface area contributed by atoms with E-state index >= 15 is 0 Å². The minimum atomic E-state index is -1.55. The summed E-state index contributed by atoms with van der Waals surface area (Å²) in [6.45, 7) is 0. The fourth-order valence-electron chi connectivity index (χ4n) is 1.83. The van der Waals surface area contributed by atoms with Gasteiger partial charge in [0.1, 0.15) is 11.1 Å². The number of pyridine rings is 1. The second-order valence-electron chi connectivity index (χ2n) is 3.55. The molecule has 0 radical (unpaired) electrons. The molecule has 0 aliphatic carbocycles. The molecule has 0 spiro atoms. The van der Waals surface area contributed by atoms with E-state index in [1.54, 1.807) is 6.20 Å². The third-order valence-corrected chi connectivity index (χ3v) is 2.57. The lowest BCUT2D eigenvalue weighted by Gasteiger charge is -1.98. The first-order valence-corrected chi connectivity index (χ1v) is 4.89.